The predicted octanol–water partition coefficient (Wildman–Crippen LogP) is 2.04. The summed E-state index contributed by atoms with van der Waals surface area (Å²) < 4.78 is 79.1. The van der Waals surface area contributed by atoms with Crippen LogP contribution < -0.4 is 5.32 Å². The molecule has 0 aromatic heterocycles. The summed E-state index contributed by atoms with van der Waals surface area (Å²) in [5.41, 5.74) is 0. The second kappa shape index (κ2) is 7.12. The highest BCUT2D eigenvalue weighted by atomic mass is 35.5. The van der Waals surface area contributed by atoms with Crippen molar-refractivity contribution in [1.82, 2.24) is 9.62 Å². The van der Waals surface area contributed by atoms with Crippen molar-refractivity contribution >= 4 is 22.4 Å². The van der Waals surface area contributed by atoms with E-state index in [-0.39, 0.29) is 37.6 Å². The van der Waals surface area contributed by atoms with Gasteiger partial charge in [-0.25, -0.2) is 26.0 Å². The number of halogens is 5. The first kappa shape index (κ1) is 19.1. The zero-order chi connectivity index (χ0) is 15.8. The number of nitrogens with one attached hydrogen (secondary N) is 1. The van der Waals surface area contributed by atoms with Crippen molar-refractivity contribution in [3.8, 4) is 0 Å². The van der Waals surface area contributed by atoms with Crippen molar-refractivity contribution in [3.05, 3.63) is 29.3 Å². The summed E-state index contributed by atoms with van der Waals surface area (Å²) in [5.74, 6) is -7.29. The molecule has 0 spiro atoms. The average Bonchev–Trinajstić information content (AvgIpc) is 2.45. The molecule has 126 valence electrons. The topological polar surface area (TPSA) is 49.4 Å². The van der Waals surface area contributed by atoms with Crippen molar-refractivity contribution in [2.24, 2.45) is 0 Å². The Morgan fingerprint density at radius 2 is 1.73 bits per heavy atom. The van der Waals surface area contributed by atoms with E-state index in [1.165, 1.54) is 0 Å². The minimum absolute atomic E-state index is 0. The first-order valence-corrected chi connectivity index (χ1v) is 7.73. The summed E-state index contributed by atoms with van der Waals surface area (Å²) >= 11 is 0. The smallest absolute Gasteiger partial charge is 0.249 e. The van der Waals surface area contributed by atoms with Crippen molar-refractivity contribution in [2.75, 3.05) is 20.1 Å². The maximum absolute atomic E-state index is 13.7. The molecule has 0 amide bonds. The molecule has 0 saturated carbocycles. The van der Waals surface area contributed by atoms with E-state index >= 15 is 0 Å². The second-order valence-corrected chi connectivity index (χ2v) is 6.66. The van der Waals surface area contributed by atoms with Gasteiger partial charge in [0.2, 0.25) is 10.0 Å². The molecule has 0 radical (unpaired) electrons. The highest BCUT2D eigenvalue weighted by Gasteiger charge is 2.36. The minimum atomic E-state index is -4.65. The summed E-state index contributed by atoms with van der Waals surface area (Å²) in [6.45, 7) is 0.0212. The third-order valence-corrected chi connectivity index (χ3v) is 5.35. The van der Waals surface area contributed by atoms with Crippen LogP contribution in [0.2, 0.25) is 0 Å². The number of rotatable bonds is 3. The van der Waals surface area contributed by atoms with E-state index < -0.39 is 38.2 Å². The van der Waals surface area contributed by atoms with Crippen LogP contribution in [-0.2, 0) is 10.0 Å². The number of sulfonamides is 1. The van der Waals surface area contributed by atoms with Gasteiger partial charge >= 0.3 is 0 Å². The van der Waals surface area contributed by atoms with Crippen LogP contribution in [-0.4, -0.2) is 38.9 Å². The molecule has 1 heterocycles. The number of benzene rings is 1. The molecule has 1 aromatic rings. The molecule has 22 heavy (non-hydrogen) atoms. The van der Waals surface area contributed by atoms with Gasteiger partial charge in [0.25, 0.3) is 0 Å². The largest absolute Gasteiger partial charge is 0.316 e. The molecule has 1 aliphatic heterocycles. The quantitative estimate of drug-likeness (QED) is 0.661. The second-order valence-electron chi connectivity index (χ2n) is 4.79. The SMILES string of the molecule is CNC1CCCN(S(=O)(=O)c2c(F)c(F)cc(F)c2F)C1.Cl. The van der Waals surface area contributed by atoms with Crippen LogP contribution in [0.4, 0.5) is 17.6 Å². The molecule has 1 saturated heterocycles. The average molecular weight is 363 g/mol. The molecule has 1 N–H and O–H groups in total. The Hall–Kier alpha value is -0.900. The first-order chi connectivity index (χ1) is 9.78. The summed E-state index contributed by atoms with van der Waals surface area (Å²) in [6.07, 6.45) is 1.18. The maximum atomic E-state index is 13.7. The van der Waals surface area contributed by atoms with Crippen molar-refractivity contribution < 1.29 is 26.0 Å². The fraction of sp³-hybridized carbons (Fsp3) is 0.500. The van der Waals surface area contributed by atoms with Crippen LogP contribution in [0.25, 0.3) is 0 Å². The van der Waals surface area contributed by atoms with Gasteiger partial charge in [-0.2, -0.15) is 4.31 Å². The molecule has 1 aromatic carbocycles. The Morgan fingerprint density at radius 3 is 2.23 bits per heavy atom. The highest BCUT2D eigenvalue weighted by Crippen LogP contribution is 2.28. The number of piperidine rings is 1. The highest BCUT2D eigenvalue weighted by molar-refractivity contribution is 7.89. The molecule has 1 aliphatic rings. The first-order valence-electron chi connectivity index (χ1n) is 6.29. The molecule has 0 aliphatic carbocycles. The molecule has 1 fully saturated rings. The lowest BCUT2D eigenvalue weighted by molar-refractivity contribution is 0.289. The van der Waals surface area contributed by atoms with Gasteiger partial charge in [-0.3, -0.25) is 0 Å². The number of hydrogen-bond acceptors (Lipinski definition) is 3. The van der Waals surface area contributed by atoms with Crippen molar-refractivity contribution in [2.45, 2.75) is 23.8 Å². The number of hydrogen-bond donors (Lipinski definition) is 1. The van der Waals surface area contributed by atoms with Gasteiger partial charge in [-0.1, -0.05) is 0 Å². The zero-order valence-corrected chi connectivity index (χ0v) is 13.2. The minimum Gasteiger partial charge on any atom is -0.316 e. The lowest BCUT2D eigenvalue weighted by atomic mass is 10.1. The molecular formula is C12H15ClF4N2O2S. The fourth-order valence-electron chi connectivity index (χ4n) is 2.30. The van der Waals surface area contributed by atoms with Crippen LogP contribution in [0, 0.1) is 23.3 Å². The van der Waals surface area contributed by atoms with E-state index in [9.17, 15) is 26.0 Å². The summed E-state index contributed by atoms with van der Waals surface area (Å²) in [7, 11) is -3.02. The van der Waals surface area contributed by atoms with E-state index in [0.717, 1.165) is 4.31 Å². The molecule has 4 nitrogen and oxygen atoms in total. The molecule has 2 rings (SSSR count). The Labute approximate surface area is 132 Å². The van der Waals surface area contributed by atoms with Gasteiger partial charge in [-0.15, -0.1) is 12.4 Å². The molecule has 10 heteroatoms. The summed E-state index contributed by atoms with van der Waals surface area (Å²) in [5, 5.41) is 2.87. The van der Waals surface area contributed by atoms with E-state index in [1.807, 2.05) is 0 Å². The summed E-state index contributed by atoms with van der Waals surface area (Å²) in [4.78, 5) is -1.57. The van der Waals surface area contributed by atoms with Gasteiger partial charge in [-0.05, 0) is 19.9 Å². The van der Waals surface area contributed by atoms with Gasteiger partial charge in [0.1, 0.15) is 0 Å². The lowest BCUT2D eigenvalue weighted by Crippen LogP contribution is -2.47. The Bertz CT molecular complexity index is 631. The van der Waals surface area contributed by atoms with Gasteiger partial charge in [0, 0.05) is 25.2 Å². The van der Waals surface area contributed by atoms with E-state index in [1.54, 1.807) is 7.05 Å². The van der Waals surface area contributed by atoms with Crippen LogP contribution in [0.3, 0.4) is 0 Å². The Balaban J connectivity index is 0.00000242. The predicted molar refractivity (Wildman–Crippen MR) is 74.4 cm³/mol. The van der Waals surface area contributed by atoms with E-state index in [4.69, 9.17) is 0 Å². The molecule has 1 atom stereocenters. The van der Waals surface area contributed by atoms with Crippen molar-refractivity contribution in [1.29, 1.82) is 0 Å². The van der Waals surface area contributed by atoms with Crippen LogP contribution in [0.15, 0.2) is 11.0 Å². The van der Waals surface area contributed by atoms with Crippen molar-refractivity contribution in [3.63, 3.8) is 0 Å². The molecule has 0 bridgehead atoms. The Morgan fingerprint density at radius 1 is 1.18 bits per heavy atom. The molecule has 1 unspecified atom stereocenters. The maximum Gasteiger partial charge on any atom is 0.249 e. The third kappa shape index (κ3) is 3.37. The Kier molecular flexibility index (Phi) is 6.19. The standard InChI is InChI=1S/C12H14F4N2O2S.ClH/c1-17-7-3-2-4-18(6-7)21(19,20)12-10(15)8(13)5-9(14)11(12)16;/h5,7,17H,2-4,6H2,1H3;1H. The van der Waals surface area contributed by atoms with Crippen LogP contribution in [0.1, 0.15) is 12.8 Å². The number of nitrogens with zero attached hydrogens (tertiary/aromatic N) is 1. The fourth-order valence-corrected chi connectivity index (χ4v) is 3.95. The monoisotopic (exact) mass is 362 g/mol. The van der Waals surface area contributed by atoms with Crippen LogP contribution >= 0.6 is 12.4 Å². The zero-order valence-electron chi connectivity index (χ0n) is 11.6. The summed E-state index contributed by atoms with van der Waals surface area (Å²) in [6, 6.07) is -0.200. The third-order valence-electron chi connectivity index (χ3n) is 3.46. The van der Waals surface area contributed by atoms with E-state index in [2.05, 4.69) is 5.32 Å². The van der Waals surface area contributed by atoms with Gasteiger partial charge in [0.05, 0.1) is 0 Å². The van der Waals surface area contributed by atoms with Gasteiger partial charge < -0.3 is 5.32 Å². The van der Waals surface area contributed by atoms with Gasteiger partial charge in [0.15, 0.2) is 28.2 Å². The van der Waals surface area contributed by atoms with E-state index in [0.29, 0.717) is 12.8 Å². The lowest BCUT2D eigenvalue weighted by Gasteiger charge is -2.31. The number of likely N-dealkylation sites (N-methyl/N-ethyl adjacent to an activating group) is 1. The normalized spacial score (nSPS) is 19.8. The van der Waals surface area contributed by atoms with Crippen LogP contribution in [0.5, 0.6) is 0 Å². The molecular weight excluding hydrogens is 348 g/mol.